The molecule has 82 valence electrons. The minimum atomic E-state index is 0.103. The van der Waals surface area contributed by atoms with Gasteiger partial charge in [-0.2, -0.15) is 0 Å². The minimum absolute atomic E-state index is 0.103. The van der Waals surface area contributed by atoms with Crippen molar-refractivity contribution in [3.8, 4) is 5.75 Å². The lowest BCUT2D eigenvalue weighted by atomic mass is 10.1. The number of hydrogen-bond donors (Lipinski definition) is 0. The van der Waals surface area contributed by atoms with Crippen LogP contribution in [0.1, 0.15) is 25.8 Å². The molecule has 2 heteroatoms. The third kappa shape index (κ3) is 4.15. The van der Waals surface area contributed by atoms with E-state index in [9.17, 15) is 4.79 Å². The summed E-state index contributed by atoms with van der Waals surface area (Å²) in [5, 5.41) is 0. The molecule has 2 nitrogen and oxygen atoms in total. The van der Waals surface area contributed by atoms with Gasteiger partial charge in [0, 0.05) is 12.3 Å². The molecule has 0 heterocycles. The number of benzene rings is 1. The van der Waals surface area contributed by atoms with Crippen LogP contribution in [-0.4, -0.2) is 12.4 Å². The molecule has 0 aliphatic rings. The largest absolute Gasteiger partial charge is 0.493 e. The highest BCUT2D eigenvalue weighted by Gasteiger charge is 2.06. The van der Waals surface area contributed by atoms with Gasteiger partial charge in [0.1, 0.15) is 11.5 Å². The second-order valence-corrected chi connectivity index (χ2v) is 4.04. The van der Waals surface area contributed by atoms with E-state index in [4.69, 9.17) is 4.74 Å². The van der Waals surface area contributed by atoms with Crippen molar-refractivity contribution in [3.05, 3.63) is 29.8 Å². The van der Waals surface area contributed by atoms with Crippen LogP contribution in [0.4, 0.5) is 0 Å². The monoisotopic (exact) mass is 206 g/mol. The molecule has 0 N–H and O–H groups in total. The first-order valence-corrected chi connectivity index (χ1v) is 5.32. The molecule has 1 aromatic carbocycles. The van der Waals surface area contributed by atoms with Gasteiger partial charge < -0.3 is 4.74 Å². The average Bonchev–Trinajstić information content (AvgIpc) is 2.17. The summed E-state index contributed by atoms with van der Waals surface area (Å²) in [6.07, 6.45) is 0.492. The molecule has 0 aliphatic heterocycles. The van der Waals surface area contributed by atoms with Gasteiger partial charge in [-0.25, -0.2) is 0 Å². The van der Waals surface area contributed by atoms with E-state index >= 15 is 0 Å². The maximum Gasteiger partial charge on any atom is 0.138 e. The Kier molecular flexibility index (Phi) is 4.35. The van der Waals surface area contributed by atoms with E-state index < -0.39 is 0 Å². The fraction of sp³-hybridized carbons (Fsp3) is 0.462. The highest BCUT2D eigenvalue weighted by molar-refractivity contribution is 5.80. The Bertz CT molecular complexity index is 329. The van der Waals surface area contributed by atoms with Crippen molar-refractivity contribution in [2.45, 2.75) is 27.2 Å². The molecule has 0 saturated carbocycles. The Morgan fingerprint density at radius 1 is 1.40 bits per heavy atom. The molecule has 0 bridgehead atoms. The first kappa shape index (κ1) is 11.8. The normalized spacial score (nSPS) is 10.4. The summed E-state index contributed by atoms with van der Waals surface area (Å²) in [5.74, 6) is 1.19. The molecule has 0 fully saturated rings. The lowest BCUT2D eigenvalue weighted by molar-refractivity contribution is -0.122. The molecule has 0 atom stereocenters. The summed E-state index contributed by atoms with van der Waals surface area (Å²) in [6.45, 7) is 6.32. The molecule has 0 saturated heterocycles. The first-order chi connectivity index (χ1) is 7.09. The molecule has 1 aromatic rings. The predicted octanol–water partition coefficient (Wildman–Crippen LogP) is 2.99. The average molecular weight is 206 g/mol. The molecule has 1 rings (SSSR count). The van der Waals surface area contributed by atoms with E-state index in [2.05, 4.69) is 0 Å². The Morgan fingerprint density at radius 2 is 2.13 bits per heavy atom. The number of carbonyl (C=O) groups excluding carboxylic acids is 1. The molecule has 0 radical (unpaired) electrons. The second-order valence-electron chi connectivity index (χ2n) is 4.04. The number of rotatable bonds is 5. The lowest BCUT2D eigenvalue weighted by Gasteiger charge is -2.07. The van der Waals surface area contributed by atoms with E-state index in [1.807, 2.05) is 45.0 Å². The van der Waals surface area contributed by atoms with E-state index in [1.54, 1.807) is 0 Å². The van der Waals surface area contributed by atoms with Gasteiger partial charge in [0.2, 0.25) is 0 Å². The molecular weight excluding hydrogens is 188 g/mol. The van der Waals surface area contributed by atoms with Crippen molar-refractivity contribution in [3.63, 3.8) is 0 Å². The Balaban J connectivity index is 2.35. The van der Waals surface area contributed by atoms with Gasteiger partial charge in [0.15, 0.2) is 0 Å². The van der Waals surface area contributed by atoms with Crippen LogP contribution >= 0.6 is 0 Å². The summed E-state index contributed by atoms with van der Waals surface area (Å²) in [5.41, 5.74) is 1.17. The highest BCUT2D eigenvalue weighted by Crippen LogP contribution is 2.12. The molecule has 0 unspecified atom stereocenters. The van der Waals surface area contributed by atoms with Crippen molar-refractivity contribution in [2.24, 2.45) is 5.92 Å². The van der Waals surface area contributed by atoms with Crippen LogP contribution in [0.3, 0.4) is 0 Å². The van der Waals surface area contributed by atoms with Gasteiger partial charge in [-0.1, -0.05) is 26.0 Å². The molecule has 0 aromatic heterocycles. The van der Waals surface area contributed by atoms with Gasteiger partial charge >= 0.3 is 0 Å². The van der Waals surface area contributed by atoms with Crippen LogP contribution in [0, 0.1) is 12.8 Å². The fourth-order valence-corrected chi connectivity index (χ4v) is 1.26. The van der Waals surface area contributed by atoms with Crippen molar-refractivity contribution in [2.75, 3.05) is 6.61 Å². The predicted molar refractivity (Wildman–Crippen MR) is 61.1 cm³/mol. The first-order valence-electron chi connectivity index (χ1n) is 5.32. The zero-order chi connectivity index (χ0) is 11.3. The smallest absolute Gasteiger partial charge is 0.138 e. The molecule has 0 amide bonds. The van der Waals surface area contributed by atoms with Crippen molar-refractivity contribution in [1.82, 2.24) is 0 Å². The maximum atomic E-state index is 11.3. The van der Waals surface area contributed by atoms with E-state index in [0.717, 1.165) is 5.75 Å². The summed E-state index contributed by atoms with van der Waals surface area (Å²) in [4.78, 5) is 11.3. The molecule has 0 aliphatic carbocycles. The lowest BCUT2D eigenvalue weighted by Crippen LogP contribution is -2.11. The minimum Gasteiger partial charge on any atom is -0.493 e. The molecule has 0 spiro atoms. The van der Waals surface area contributed by atoms with E-state index in [-0.39, 0.29) is 11.7 Å². The highest BCUT2D eigenvalue weighted by atomic mass is 16.5. The van der Waals surface area contributed by atoms with Gasteiger partial charge in [-0.3, -0.25) is 4.79 Å². The topological polar surface area (TPSA) is 26.3 Å². The van der Waals surface area contributed by atoms with Gasteiger partial charge in [0.05, 0.1) is 6.61 Å². The summed E-state index contributed by atoms with van der Waals surface area (Å²) in [6, 6.07) is 7.85. The number of ketones is 1. The summed E-state index contributed by atoms with van der Waals surface area (Å²) >= 11 is 0. The van der Waals surface area contributed by atoms with Gasteiger partial charge in [-0.15, -0.1) is 0 Å². The number of carbonyl (C=O) groups is 1. The number of ether oxygens (including phenoxy) is 1. The SMILES string of the molecule is Cc1cccc(OCCC(=O)C(C)C)c1. The maximum absolute atomic E-state index is 11.3. The fourth-order valence-electron chi connectivity index (χ4n) is 1.26. The summed E-state index contributed by atoms with van der Waals surface area (Å²) in [7, 11) is 0. The Morgan fingerprint density at radius 3 is 2.73 bits per heavy atom. The van der Waals surface area contributed by atoms with Crippen LogP contribution in [0.2, 0.25) is 0 Å². The van der Waals surface area contributed by atoms with Gasteiger partial charge in [0.25, 0.3) is 0 Å². The van der Waals surface area contributed by atoms with Crippen molar-refractivity contribution in [1.29, 1.82) is 0 Å². The quantitative estimate of drug-likeness (QED) is 0.740. The summed E-state index contributed by atoms with van der Waals surface area (Å²) < 4.78 is 5.49. The zero-order valence-electron chi connectivity index (χ0n) is 9.62. The van der Waals surface area contributed by atoms with Crippen LogP contribution in [0.15, 0.2) is 24.3 Å². The van der Waals surface area contributed by atoms with Crippen LogP contribution in [0.25, 0.3) is 0 Å². The van der Waals surface area contributed by atoms with E-state index in [1.165, 1.54) is 5.56 Å². The van der Waals surface area contributed by atoms with Crippen LogP contribution in [-0.2, 0) is 4.79 Å². The van der Waals surface area contributed by atoms with Crippen LogP contribution < -0.4 is 4.74 Å². The van der Waals surface area contributed by atoms with Crippen molar-refractivity contribution >= 4 is 5.78 Å². The Labute approximate surface area is 91.3 Å². The number of Topliss-reactive ketones (excluding diaryl/α,β-unsaturated/α-hetero) is 1. The zero-order valence-corrected chi connectivity index (χ0v) is 9.62. The third-order valence-corrected chi connectivity index (χ3v) is 2.25. The van der Waals surface area contributed by atoms with Crippen molar-refractivity contribution < 1.29 is 9.53 Å². The Hall–Kier alpha value is -1.31. The van der Waals surface area contributed by atoms with Gasteiger partial charge in [-0.05, 0) is 24.6 Å². The second kappa shape index (κ2) is 5.54. The third-order valence-electron chi connectivity index (χ3n) is 2.25. The standard InChI is InChI=1S/C13H18O2/c1-10(2)13(14)7-8-15-12-6-4-5-11(3)9-12/h4-6,9-10H,7-8H2,1-3H3. The van der Waals surface area contributed by atoms with E-state index in [0.29, 0.717) is 13.0 Å². The number of aryl methyl sites for hydroxylation is 1. The molecule has 15 heavy (non-hydrogen) atoms. The molecular formula is C13H18O2. The number of hydrogen-bond acceptors (Lipinski definition) is 2. The van der Waals surface area contributed by atoms with Crippen LogP contribution in [0.5, 0.6) is 5.75 Å².